The van der Waals surface area contributed by atoms with Crippen molar-refractivity contribution >= 4 is 35.8 Å². The van der Waals surface area contributed by atoms with Crippen molar-refractivity contribution in [3.8, 4) is 0 Å². The average molecular weight is 365 g/mol. The van der Waals surface area contributed by atoms with E-state index in [2.05, 4.69) is 24.5 Å². The molecule has 134 valence electrons. The van der Waals surface area contributed by atoms with Crippen LogP contribution in [0.4, 0.5) is 5.69 Å². The van der Waals surface area contributed by atoms with Gasteiger partial charge in [0.25, 0.3) is 11.6 Å². The van der Waals surface area contributed by atoms with E-state index in [4.69, 9.17) is 4.74 Å². The summed E-state index contributed by atoms with van der Waals surface area (Å²) in [6.07, 6.45) is 0. The zero-order valence-electron chi connectivity index (χ0n) is 13.7. The van der Waals surface area contributed by atoms with Gasteiger partial charge in [0.2, 0.25) is 0 Å². The Bertz CT molecular complexity index is 722. The van der Waals surface area contributed by atoms with E-state index in [1.165, 1.54) is 17.0 Å². The summed E-state index contributed by atoms with van der Waals surface area (Å²) < 4.78 is 4.96. The second kappa shape index (κ2) is 8.13. The minimum absolute atomic E-state index is 0.126. The summed E-state index contributed by atoms with van der Waals surface area (Å²) in [6, 6.07) is 3.68. The minimum atomic E-state index is -0.598. The second-order valence-corrected chi connectivity index (χ2v) is 5.93. The summed E-state index contributed by atoms with van der Waals surface area (Å²) >= 11 is 4.03. The monoisotopic (exact) mass is 365 g/mol. The molecule has 1 aliphatic rings. The Kier molecular flexibility index (Phi) is 6.16. The number of ether oxygens (including phenoxy) is 1. The molecule has 1 heterocycles. The van der Waals surface area contributed by atoms with Crippen LogP contribution in [0.2, 0.25) is 0 Å². The molecule has 1 unspecified atom stereocenters. The quantitative estimate of drug-likeness (QED) is 0.268. The van der Waals surface area contributed by atoms with Gasteiger partial charge in [-0.05, 0) is 18.6 Å². The molecule has 1 aromatic rings. The molecule has 0 bridgehead atoms. The second-order valence-electron chi connectivity index (χ2n) is 5.45. The molecule has 0 aromatic heterocycles. The van der Waals surface area contributed by atoms with Gasteiger partial charge in [0, 0.05) is 31.3 Å². The Balaban J connectivity index is 2.14. The van der Waals surface area contributed by atoms with Crippen molar-refractivity contribution in [1.82, 2.24) is 10.2 Å². The van der Waals surface area contributed by atoms with Crippen LogP contribution >= 0.6 is 12.6 Å². The van der Waals surface area contributed by atoms with Crippen LogP contribution in [0.15, 0.2) is 29.7 Å². The Morgan fingerprint density at radius 2 is 2.24 bits per heavy atom. The van der Waals surface area contributed by atoms with Gasteiger partial charge in [0.05, 0.1) is 16.4 Å². The van der Waals surface area contributed by atoms with Gasteiger partial charge < -0.3 is 15.0 Å². The summed E-state index contributed by atoms with van der Waals surface area (Å²) in [7, 11) is 0. The number of nitrogens with zero attached hydrogens (tertiary/aromatic N) is 2. The maximum Gasteiger partial charge on any atom is 0.324 e. The highest BCUT2D eigenvalue weighted by Crippen LogP contribution is 2.27. The van der Waals surface area contributed by atoms with Crippen molar-refractivity contribution in [2.75, 3.05) is 26.2 Å². The summed E-state index contributed by atoms with van der Waals surface area (Å²) in [4.78, 5) is 36.6. The Labute approximate surface area is 150 Å². The Morgan fingerprint density at radius 3 is 2.88 bits per heavy atom. The molecular formula is C16H19N3O5S. The van der Waals surface area contributed by atoms with Crippen LogP contribution in [0.3, 0.4) is 0 Å². The zero-order valence-corrected chi connectivity index (χ0v) is 14.6. The summed E-state index contributed by atoms with van der Waals surface area (Å²) in [5.74, 6) is -0.794. The predicted octanol–water partition coefficient (Wildman–Crippen LogP) is 1.26. The molecule has 1 aromatic carbocycles. The third-order valence-corrected chi connectivity index (χ3v) is 4.19. The van der Waals surface area contributed by atoms with E-state index in [1.807, 2.05) is 0 Å². The third kappa shape index (κ3) is 4.37. The number of amides is 1. The predicted molar refractivity (Wildman–Crippen MR) is 94.4 cm³/mol. The molecule has 1 aliphatic heterocycles. The molecule has 1 atom stereocenters. The van der Waals surface area contributed by atoms with Crippen molar-refractivity contribution in [3.63, 3.8) is 0 Å². The molecule has 0 spiro atoms. The Morgan fingerprint density at radius 1 is 1.52 bits per heavy atom. The molecule has 0 radical (unpaired) electrons. The summed E-state index contributed by atoms with van der Waals surface area (Å²) in [6.45, 7) is 6.74. The molecule has 2 rings (SSSR count). The lowest BCUT2D eigenvalue weighted by atomic mass is 10.0. The van der Waals surface area contributed by atoms with Crippen LogP contribution in [0.25, 0.3) is 5.57 Å². The van der Waals surface area contributed by atoms with Gasteiger partial charge in [0.15, 0.2) is 0 Å². The van der Waals surface area contributed by atoms with Crippen LogP contribution < -0.4 is 5.32 Å². The number of rotatable bonds is 5. The Hall–Kier alpha value is -2.39. The molecule has 8 nitrogen and oxygen atoms in total. The number of nitro benzene ring substituents is 1. The van der Waals surface area contributed by atoms with E-state index in [0.29, 0.717) is 18.7 Å². The number of hydrogen-bond donors (Lipinski definition) is 2. The first-order valence-electron chi connectivity index (χ1n) is 7.71. The molecule has 25 heavy (non-hydrogen) atoms. The van der Waals surface area contributed by atoms with E-state index >= 15 is 0 Å². The number of hydrogen-bond acceptors (Lipinski definition) is 7. The van der Waals surface area contributed by atoms with Crippen LogP contribution in [0.1, 0.15) is 12.5 Å². The van der Waals surface area contributed by atoms with E-state index < -0.39 is 16.9 Å². The molecule has 1 saturated heterocycles. The maximum atomic E-state index is 12.6. The number of carbonyl (C=O) groups excluding carboxylic acids is 2. The first-order chi connectivity index (χ1) is 11.8. The van der Waals surface area contributed by atoms with Crippen molar-refractivity contribution in [2.24, 2.45) is 0 Å². The standard InChI is InChI=1S/C16H19N3O5S/c1-3-24-16(21)12-9-18(7-6-17-12)15(20)10(2)11-4-5-14(25)13(8-11)19(22)23/h4-5,8,12,17,25H,2-3,6-7,9H2,1H3. The van der Waals surface area contributed by atoms with Crippen molar-refractivity contribution in [3.05, 3.63) is 40.5 Å². The molecule has 1 amide bonds. The van der Waals surface area contributed by atoms with E-state index in [9.17, 15) is 19.7 Å². The average Bonchev–Trinajstić information content (AvgIpc) is 2.61. The van der Waals surface area contributed by atoms with Crippen molar-refractivity contribution in [1.29, 1.82) is 0 Å². The molecule has 1 fully saturated rings. The highest BCUT2D eigenvalue weighted by Gasteiger charge is 2.30. The lowest BCUT2D eigenvalue weighted by Crippen LogP contribution is -2.56. The molecule has 0 aliphatic carbocycles. The maximum absolute atomic E-state index is 12.6. The van der Waals surface area contributed by atoms with Crippen molar-refractivity contribution < 1.29 is 19.2 Å². The van der Waals surface area contributed by atoms with Gasteiger partial charge >= 0.3 is 5.97 Å². The molecular weight excluding hydrogens is 346 g/mol. The number of nitro groups is 1. The smallest absolute Gasteiger partial charge is 0.324 e. The lowest BCUT2D eigenvalue weighted by molar-refractivity contribution is -0.387. The van der Waals surface area contributed by atoms with Gasteiger partial charge in [-0.25, -0.2) is 0 Å². The molecule has 1 N–H and O–H groups in total. The molecule has 9 heteroatoms. The number of esters is 1. The number of thiol groups is 1. The van der Waals surface area contributed by atoms with Crippen LogP contribution in [-0.2, 0) is 14.3 Å². The number of nitrogens with one attached hydrogen (secondary N) is 1. The fraction of sp³-hybridized carbons (Fsp3) is 0.375. The number of piperazine rings is 1. The van der Waals surface area contributed by atoms with E-state index in [0.717, 1.165) is 0 Å². The van der Waals surface area contributed by atoms with Crippen LogP contribution in [-0.4, -0.2) is 54.0 Å². The fourth-order valence-electron chi connectivity index (χ4n) is 2.51. The van der Waals surface area contributed by atoms with Gasteiger partial charge in [0.1, 0.15) is 6.04 Å². The highest BCUT2D eigenvalue weighted by atomic mass is 32.1. The number of carbonyl (C=O) groups is 2. The number of benzene rings is 1. The van der Waals surface area contributed by atoms with Crippen LogP contribution in [0.5, 0.6) is 0 Å². The first kappa shape index (κ1) is 18.9. The normalized spacial score (nSPS) is 17.0. The van der Waals surface area contributed by atoms with Gasteiger partial charge in [-0.15, -0.1) is 12.6 Å². The largest absolute Gasteiger partial charge is 0.465 e. The zero-order chi connectivity index (χ0) is 18.6. The first-order valence-corrected chi connectivity index (χ1v) is 8.15. The van der Waals surface area contributed by atoms with Crippen LogP contribution in [0, 0.1) is 10.1 Å². The van der Waals surface area contributed by atoms with Gasteiger partial charge in [-0.1, -0.05) is 12.6 Å². The minimum Gasteiger partial charge on any atom is -0.465 e. The van der Waals surface area contributed by atoms with E-state index in [1.54, 1.807) is 13.0 Å². The lowest BCUT2D eigenvalue weighted by Gasteiger charge is -2.32. The van der Waals surface area contributed by atoms with E-state index in [-0.39, 0.29) is 35.2 Å². The summed E-state index contributed by atoms with van der Waals surface area (Å²) in [5, 5.41) is 14.0. The summed E-state index contributed by atoms with van der Waals surface area (Å²) in [5.41, 5.74) is 0.279. The third-order valence-electron chi connectivity index (χ3n) is 3.81. The van der Waals surface area contributed by atoms with Gasteiger partial charge in [-0.2, -0.15) is 0 Å². The highest BCUT2D eigenvalue weighted by molar-refractivity contribution is 7.80. The topological polar surface area (TPSA) is 102 Å². The molecule has 0 saturated carbocycles. The van der Waals surface area contributed by atoms with Crippen molar-refractivity contribution in [2.45, 2.75) is 17.9 Å². The van der Waals surface area contributed by atoms with Gasteiger partial charge in [-0.3, -0.25) is 19.7 Å². The fourth-order valence-corrected chi connectivity index (χ4v) is 2.73. The SMILES string of the molecule is C=C(C(=O)N1CCNC(C(=O)OCC)C1)c1ccc(S)c([N+](=O)[O-])c1.